The van der Waals surface area contributed by atoms with Crippen LogP contribution in [0.3, 0.4) is 0 Å². The van der Waals surface area contributed by atoms with Crippen LogP contribution in [0.25, 0.3) is 106 Å². The molecule has 6 heteroatoms. The average molecular weight is 980 g/mol. The molecule has 5 nitrogen and oxygen atoms in total. The Morgan fingerprint density at radius 1 is 0.500 bits per heavy atom. The Morgan fingerprint density at radius 2 is 1.16 bits per heavy atom. The van der Waals surface area contributed by atoms with Crippen molar-refractivity contribution < 1.29 is 30.6 Å². The minimum absolute atomic E-state index is 0. The van der Waals surface area contributed by atoms with E-state index in [2.05, 4.69) is 139 Å². The van der Waals surface area contributed by atoms with Gasteiger partial charge in [-0.05, 0) is 102 Å². The molecule has 0 bridgehead atoms. The molecule has 0 aliphatic heterocycles. The predicted molar refractivity (Wildman–Crippen MR) is 249 cm³/mol. The summed E-state index contributed by atoms with van der Waals surface area (Å²) in [6.07, 6.45) is 0. The van der Waals surface area contributed by atoms with E-state index < -0.39 is 0 Å². The molecule has 0 spiro atoms. The molecular formula is C56H38N3O2Pt-. The minimum Gasteiger partial charge on any atom is -0.507 e. The van der Waals surface area contributed by atoms with Gasteiger partial charge in [0.1, 0.15) is 16.9 Å². The van der Waals surface area contributed by atoms with E-state index in [0.717, 1.165) is 106 Å². The summed E-state index contributed by atoms with van der Waals surface area (Å²) in [4.78, 5) is 10.3. The summed E-state index contributed by atoms with van der Waals surface area (Å²) in [5.74, 6) is 0.197. The molecule has 0 atom stereocenters. The number of hydrogen-bond donors (Lipinski definition) is 1. The molecule has 4 aromatic heterocycles. The van der Waals surface area contributed by atoms with Crippen LogP contribution in [-0.4, -0.2) is 19.6 Å². The second-order valence-electron chi connectivity index (χ2n) is 15.6. The van der Waals surface area contributed by atoms with Crippen molar-refractivity contribution in [3.8, 4) is 78.7 Å². The maximum atomic E-state index is 11.1. The number of hydrogen-bond acceptors (Lipinski definition) is 4. The fourth-order valence-electron chi connectivity index (χ4n) is 8.71. The van der Waals surface area contributed by atoms with Crippen molar-refractivity contribution in [3.63, 3.8) is 0 Å². The topological polar surface area (TPSA) is 64.1 Å². The molecule has 0 saturated carbocycles. The normalized spacial score (nSPS) is 11.3. The molecule has 0 aliphatic carbocycles. The fraction of sp³-hybridized carbons (Fsp3) is 0.0357. The number of nitrogens with zero attached hydrogens (tertiary/aromatic N) is 3. The van der Waals surface area contributed by atoms with Crippen molar-refractivity contribution in [1.29, 1.82) is 0 Å². The maximum absolute atomic E-state index is 11.1. The smallest absolute Gasteiger partial charge is 0.136 e. The first-order valence-corrected chi connectivity index (χ1v) is 20.5. The summed E-state index contributed by atoms with van der Waals surface area (Å²) in [7, 11) is 0. The first kappa shape index (κ1) is 38.8. The van der Waals surface area contributed by atoms with E-state index in [4.69, 9.17) is 14.4 Å². The van der Waals surface area contributed by atoms with Gasteiger partial charge in [-0.1, -0.05) is 120 Å². The molecule has 0 unspecified atom stereocenters. The first-order valence-electron chi connectivity index (χ1n) is 20.5. The molecule has 4 heterocycles. The van der Waals surface area contributed by atoms with Gasteiger partial charge in [0.2, 0.25) is 0 Å². The number of para-hydroxylation sites is 3. The number of aromatic nitrogens is 3. The zero-order valence-corrected chi connectivity index (χ0v) is 36.2. The molecule has 62 heavy (non-hydrogen) atoms. The standard InChI is InChI=1S/C56H38N3O2.Pt/c1-35-24-26-46(52(60)28-35)50-32-41(37-14-5-3-6-15-37)31-49(58-50)39-17-13-16-38(30-39)48-33-42(29-36(2)57-48)56-55(40-25-27-45-44-20-10-12-23-53(44)61-54(45)34-40)47-21-9-11-22-51(47)59(56)43-18-7-4-8-19-43;/h3-29,31-34,60H,1-2H3;/q-1;. The van der Waals surface area contributed by atoms with Gasteiger partial charge in [0.25, 0.3) is 0 Å². The Labute approximate surface area is 373 Å². The van der Waals surface area contributed by atoms with Gasteiger partial charge in [0.05, 0.1) is 16.9 Å². The van der Waals surface area contributed by atoms with Gasteiger partial charge in [0, 0.05) is 71.1 Å². The first-order chi connectivity index (χ1) is 29.9. The number of benzene rings is 7. The molecule has 0 aliphatic rings. The molecule has 11 rings (SSSR count). The number of pyridine rings is 2. The molecular weight excluding hydrogens is 942 g/mol. The van der Waals surface area contributed by atoms with Crippen molar-refractivity contribution in [2.45, 2.75) is 13.8 Å². The van der Waals surface area contributed by atoms with Crippen LogP contribution in [0.2, 0.25) is 0 Å². The van der Waals surface area contributed by atoms with Gasteiger partial charge in [-0.15, -0.1) is 24.3 Å². The second-order valence-corrected chi connectivity index (χ2v) is 15.6. The van der Waals surface area contributed by atoms with E-state index in [1.165, 1.54) is 0 Å². The van der Waals surface area contributed by atoms with Gasteiger partial charge >= 0.3 is 0 Å². The molecule has 0 amide bonds. The van der Waals surface area contributed by atoms with Gasteiger partial charge < -0.3 is 14.1 Å². The summed E-state index contributed by atoms with van der Waals surface area (Å²) in [6, 6.07) is 68.3. The van der Waals surface area contributed by atoms with Crippen LogP contribution in [0.15, 0.2) is 192 Å². The summed E-state index contributed by atoms with van der Waals surface area (Å²) in [6.45, 7) is 4.02. The van der Waals surface area contributed by atoms with E-state index in [-0.39, 0.29) is 26.8 Å². The number of phenolic OH excluding ortho intramolecular Hbond substituents is 1. The quantitative estimate of drug-likeness (QED) is 0.162. The summed E-state index contributed by atoms with van der Waals surface area (Å²) >= 11 is 0. The maximum Gasteiger partial charge on any atom is 0.136 e. The third-order valence-corrected chi connectivity index (χ3v) is 11.5. The van der Waals surface area contributed by atoms with Crippen molar-refractivity contribution in [1.82, 2.24) is 14.5 Å². The average Bonchev–Trinajstić information content (AvgIpc) is 3.85. The Hall–Kier alpha value is -7.33. The molecule has 7 aromatic carbocycles. The summed E-state index contributed by atoms with van der Waals surface area (Å²) < 4.78 is 8.81. The monoisotopic (exact) mass is 979 g/mol. The van der Waals surface area contributed by atoms with Crippen LogP contribution in [0, 0.1) is 19.9 Å². The number of aromatic hydroxyl groups is 1. The van der Waals surface area contributed by atoms with Gasteiger partial charge in [-0.25, -0.2) is 0 Å². The zero-order chi connectivity index (χ0) is 41.0. The molecule has 11 aromatic rings. The van der Waals surface area contributed by atoms with Crippen molar-refractivity contribution >= 4 is 32.8 Å². The van der Waals surface area contributed by atoms with E-state index in [9.17, 15) is 5.11 Å². The van der Waals surface area contributed by atoms with Gasteiger partial charge in [-0.3, -0.25) is 9.97 Å². The molecule has 0 radical (unpaired) electrons. The number of furan rings is 1. The van der Waals surface area contributed by atoms with Crippen molar-refractivity contribution in [2.24, 2.45) is 0 Å². The number of fused-ring (bicyclic) bond motifs is 4. The minimum atomic E-state index is 0. The second kappa shape index (κ2) is 15.9. The Morgan fingerprint density at radius 3 is 1.95 bits per heavy atom. The summed E-state index contributed by atoms with van der Waals surface area (Å²) in [5, 5.41) is 14.4. The van der Waals surface area contributed by atoms with Crippen LogP contribution >= 0.6 is 0 Å². The molecule has 300 valence electrons. The summed E-state index contributed by atoms with van der Waals surface area (Å²) in [5.41, 5.74) is 16.7. The fourth-order valence-corrected chi connectivity index (χ4v) is 8.71. The third-order valence-electron chi connectivity index (χ3n) is 11.5. The predicted octanol–water partition coefficient (Wildman–Crippen LogP) is 14.4. The number of phenols is 1. The van der Waals surface area contributed by atoms with Crippen LogP contribution in [-0.2, 0) is 21.1 Å². The van der Waals surface area contributed by atoms with Crippen LogP contribution in [0.1, 0.15) is 11.3 Å². The van der Waals surface area contributed by atoms with E-state index >= 15 is 0 Å². The third kappa shape index (κ3) is 6.91. The largest absolute Gasteiger partial charge is 0.507 e. The van der Waals surface area contributed by atoms with Crippen LogP contribution < -0.4 is 0 Å². The zero-order valence-electron chi connectivity index (χ0n) is 33.9. The van der Waals surface area contributed by atoms with Crippen molar-refractivity contribution in [3.05, 3.63) is 205 Å². The van der Waals surface area contributed by atoms with Crippen LogP contribution in [0.4, 0.5) is 0 Å². The molecule has 0 fully saturated rings. The Bertz CT molecular complexity index is 3460. The van der Waals surface area contributed by atoms with Crippen molar-refractivity contribution in [2.75, 3.05) is 0 Å². The Balaban J connectivity index is 0.00000458. The number of aryl methyl sites for hydroxylation is 2. The Kier molecular flexibility index (Phi) is 9.98. The molecule has 1 N–H and O–H groups in total. The van der Waals surface area contributed by atoms with Gasteiger partial charge in [0.15, 0.2) is 0 Å². The van der Waals surface area contributed by atoms with E-state index in [1.807, 2.05) is 67.6 Å². The number of rotatable bonds is 7. The SMILES string of the molecule is Cc1ccc(-c2cc(-c3ccccc3)cc(-c3[c-]c(-c4cc(-c5c(-c6ccc7c(c6)oc6ccccc67)c6ccccc6n5-c5ccccc5)cc(C)n4)ccc3)n2)c(O)c1.[Pt]. The van der Waals surface area contributed by atoms with Gasteiger partial charge in [-0.2, -0.15) is 0 Å². The molecule has 0 saturated heterocycles. The van der Waals surface area contributed by atoms with E-state index in [1.54, 1.807) is 6.07 Å². The van der Waals surface area contributed by atoms with E-state index in [0.29, 0.717) is 11.3 Å². The van der Waals surface area contributed by atoms with Crippen LogP contribution in [0.5, 0.6) is 5.75 Å².